The molecule has 2 rings (SSSR count). The highest BCUT2D eigenvalue weighted by molar-refractivity contribution is 5.45. The second kappa shape index (κ2) is 5.48. The van der Waals surface area contributed by atoms with Gasteiger partial charge in [0.2, 0.25) is 0 Å². The van der Waals surface area contributed by atoms with E-state index in [2.05, 4.69) is 23.8 Å². The summed E-state index contributed by atoms with van der Waals surface area (Å²) in [5.41, 5.74) is 0. The minimum absolute atomic E-state index is 0.575. The molecule has 0 bridgehead atoms. The summed E-state index contributed by atoms with van der Waals surface area (Å²) in [6.07, 6.45) is 5.97. The molecule has 2 heterocycles. The zero-order chi connectivity index (χ0) is 12.1. The highest BCUT2D eigenvalue weighted by Crippen LogP contribution is 2.16. The molecule has 0 fully saturated rings. The lowest BCUT2D eigenvalue weighted by Crippen LogP contribution is -2.02. The molecule has 0 saturated carbocycles. The Labute approximate surface area is 101 Å². The Hall–Kier alpha value is -1.84. The smallest absolute Gasteiger partial charge is 0.195 e. The van der Waals surface area contributed by atoms with E-state index in [1.165, 1.54) is 0 Å². The number of ether oxygens (including phenoxy) is 1. The molecular formula is C13H16N2O2. The molecule has 0 aromatic carbocycles. The molecule has 4 nitrogen and oxygen atoms in total. The Morgan fingerprint density at radius 3 is 2.65 bits per heavy atom. The minimum Gasteiger partial charge on any atom is -0.490 e. The van der Waals surface area contributed by atoms with Crippen molar-refractivity contribution in [3.63, 3.8) is 0 Å². The van der Waals surface area contributed by atoms with Crippen molar-refractivity contribution in [3.05, 3.63) is 30.8 Å². The summed E-state index contributed by atoms with van der Waals surface area (Å²) in [5, 5.41) is 0. The van der Waals surface area contributed by atoms with Gasteiger partial charge in [0.15, 0.2) is 17.3 Å². The van der Waals surface area contributed by atoms with Crippen LogP contribution in [0, 0.1) is 5.92 Å². The average molecular weight is 232 g/mol. The van der Waals surface area contributed by atoms with Gasteiger partial charge in [0.05, 0.1) is 25.3 Å². The zero-order valence-electron chi connectivity index (χ0n) is 10.1. The lowest BCUT2D eigenvalue weighted by atomic mass is 10.1. The van der Waals surface area contributed by atoms with Gasteiger partial charge >= 0.3 is 0 Å². The van der Waals surface area contributed by atoms with Crippen LogP contribution in [0.2, 0.25) is 0 Å². The monoisotopic (exact) mass is 232 g/mol. The van der Waals surface area contributed by atoms with Gasteiger partial charge in [0, 0.05) is 0 Å². The third kappa shape index (κ3) is 3.31. The van der Waals surface area contributed by atoms with Crippen molar-refractivity contribution < 1.29 is 9.15 Å². The predicted octanol–water partition coefficient (Wildman–Crippen LogP) is 3.16. The van der Waals surface area contributed by atoms with E-state index in [0.29, 0.717) is 29.9 Å². The van der Waals surface area contributed by atoms with Gasteiger partial charge in [-0.1, -0.05) is 13.8 Å². The maximum atomic E-state index is 5.53. The topological polar surface area (TPSA) is 48.2 Å². The first-order chi connectivity index (χ1) is 8.25. The van der Waals surface area contributed by atoms with Crippen LogP contribution in [0.15, 0.2) is 35.2 Å². The summed E-state index contributed by atoms with van der Waals surface area (Å²) >= 11 is 0. The van der Waals surface area contributed by atoms with Crippen LogP contribution in [-0.4, -0.2) is 16.6 Å². The lowest BCUT2D eigenvalue weighted by Gasteiger charge is -2.07. The summed E-state index contributed by atoms with van der Waals surface area (Å²) in [6, 6.07) is 3.64. The number of hydrogen-bond donors (Lipinski definition) is 0. The molecule has 0 aliphatic carbocycles. The van der Waals surface area contributed by atoms with Gasteiger partial charge in [-0.15, -0.1) is 0 Å². The molecule has 0 N–H and O–H groups in total. The van der Waals surface area contributed by atoms with Crippen LogP contribution >= 0.6 is 0 Å². The second-order valence-corrected chi connectivity index (χ2v) is 4.25. The van der Waals surface area contributed by atoms with Crippen molar-refractivity contribution in [3.8, 4) is 17.3 Å². The maximum Gasteiger partial charge on any atom is 0.195 e. The van der Waals surface area contributed by atoms with E-state index in [1.54, 1.807) is 18.7 Å². The Morgan fingerprint density at radius 1 is 1.29 bits per heavy atom. The van der Waals surface area contributed by atoms with Crippen molar-refractivity contribution in [2.45, 2.75) is 20.3 Å². The fourth-order valence-corrected chi connectivity index (χ4v) is 1.34. The van der Waals surface area contributed by atoms with Crippen molar-refractivity contribution in [2.75, 3.05) is 6.61 Å². The van der Waals surface area contributed by atoms with Gasteiger partial charge in [-0.05, 0) is 24.5 Å². The summed E-state index contributed by atoms with van der Waals surface area (Å²) in [4.78, 5) is 8.38. The third-order valence-electron chi connectivity index (χ3n) is 2.33. The number of nitrogens with zero attached hydrogens (tertiary/aromatic N) is 2. The van der Waals surface area contributed by atoms with Crippen molar-refractivity contribution in [1.29, 1.82) is 0 Å². The fourth-order valence-electron chi connectivity index (χ4n) is 1.34. The SMILES string of the molecule is CC(C)CCOc1cnc(-c2ccco2)nc1. The van der Waals surface area contributed by atoms with Crippen LogP contribution in [0.4, 0.5) is 0 Å². The Morgan fingerprint density at radius 2 is 2.06 bits per heavy atom. The molecule has 2 aromatic heterocycles. The molecule has 4 heteroatoms. The normalized spacial score (nSPS) is 10.8. The first-order valence-corrected chi connectivity index (χ1v) is 5.74. The largest absolute Gasteiger partial charge is 0.490 e. The molecule has 0 atom stereocenters. The van der Waals surface area contributed by atoms with Crippen LogP contribution < -0.4 is 4.74 Å². The van der Waals surface area contributed by atoms with Gasteiger partial charge in [-0.2, -0.15) is 0 Å². The number of hydrogen-bond acceptors (Lipinski definition) is 4. The van der Waals surface area contributed by atoms with Crippen LogP contribution in [0.3, 0.4) is 0 Å². The van der Waals surface area contributed by atoms with E-state index in [9.17, 15) is 0 Å². The van der Waals surface area contributed by atoms with Crippen molar-refractivity contribution in [1.82, 2.24) is 9.97 Å². The minimum atomic E-state index is 0.575. The van der Waals surface area contributed by atoms with Crippen LogP contribution in [0.1, 0.15) is 20.3 Å². The van der Waals surface area contributed by atoms with E-state index in [-0.39, 0.29) is 0 Å². The van der Waals surface area contributed by atoms with E-state index < -0.39 is 0 Å². The quantitative estimate of drug-likeness (QED) is 0.794. The highest BCUT2D eigenvalue weighted by Gasteiger charge is 2.04. The highest BCUT2D eigenvalue weighted by atomic mass is 16.5. The van der Waals surface area contributed by atoms with Crippen molar-refractivity contribution in [2.24, 2.45) is 5.92 Å². The molecule has 0 radical (unpaired) electrons. The molecule has 17 heavy (non-hydrogen) atoms. The lowest BCUT2D eigenvalue weighted by molar-refractivity contribution is 0.287. The van der Waals surface area contributed by atoms with Gasteiger partial charge in [-0.25, -0.2) is 9.97 Å². The first kappa shape index (κ1) is 11.6. The van der Waals surface area contributed by atoms with E-state index in [1.807, 2.05) is 12.1 Å². The molecule has 0 unspecified atom stereocenters. The molecule has 90 valence electrons. The second-order valence-electron chi connectivity index (χ2n) is 4.25. The molecule has 0 spiro atoms. The fraction of sp³-hybridized carbons (Fsp3) is 0.385. The average Bonchev–Trinajstić information content (AvgIpc) is 2.83. The first-order valence-electron chi connectivity index (χ1n) is 5.74. The summed E-state index contributed by atoms with van der Waals surface area (Å²) in [5.74, 6) is 2.57. The van der Waals surface area contributed by atoms with Gasteiger partial charge < -0.3 is 9.15 Å². The summed E-state index contributed by atoms with van der Waals surface area (Å²) < 4.78 is 10.7. The van der Waals surface area contributed by atoms with Crippen LogP contribution in [0.25, 0.3) is 11.6 Å². The third-order valence-corrected chi connectivity index (χ3v) is 2.33. The molecule has 2 aromatic rings. The Bertz CT molecular complexity index is 435. The predicted molar refractivity (Wildman–Crippen MR) is 64.7 cm³/mol. The summed E-state index contributed by atoms with van der Waals surface area (Å²) in [6.45, 7) is 5.03. The van der Waals surface area contributed by atoms with Crippen molar-refractivity contribution >= 4 is 0 Å². The number of aromatic nitrogens is 2. The Kier molecular flexibility index (Phi) is 3.75. The molecule has 0 amide bonds. The number of furan rings is 1. The molecular weight excluding hydrogens is 216 g/mol. The van der Waals surface area contributed by atoms with E-state index >= 15 is 0 Å². The molecule has 0 saturated heterocycles. The van der Waals surface area contributed by atoms with Crippen LogP contribution in [0.5, 0.6) is 5.75 Å². The Balaban J connectivity index is 1.94. The van der Waals surface area contributed by atoms with E-state index in [4.69, 9.17) is 9.15 Å². The molecule has 0 aliphatic heterocycles. The standard InChI is InChI=1S/C13H16N2O2/c1-10(2)5-7-16-11-8-14-13(15-9-11)12-4-3-6-17-12/h3-4,6,8-10H,5,7H2,1-2H3. The van der Waals surface area contributed by atoms with Gasteiger partial charge in [0.1, 0.15) is 0 Å². The number of rotatable bonds is 5. The summed E-state index contributed by atoms with van der Waals surface area (Å²) in [7, 11) is 0. The molecule has 0 aliphatic rings. The zero-order valence-corrected chi connectivity index (χ0v) is 10.1. The van der Waals surface area contributed by atoms with Crippen LogP contribution in [-0.2, 0) is 0 Å². The maximum absolute atomic E-state index is 5.53. The van der Waals surface area contributed by atoms with Gasteiger partial charge in [-0.3, -0.25) is 0 Å². The van der Waals surface area contributed by atoms with E-state index in [0.717, 1.165) is 6.42 Å². The van der Waals surface area contributed by atoms with Gasteiger partial charge in [0.25, 0.3) is 0 Å².